The molecule has 1 fully saturated rings. The van der Waals surface area contributed by atoms with Crippen LogP contribution in [0.2, 0.25) is 0 Å². The lowest BCUT2D eigenvalue weighted by Gasteiger charge is -2.29. The van der Waals surface area contributed by atoms with Crippen molar-refractivity contribution in [1.82, 2.24) is 0 Å². The molecule has 0 saturated carbocycles. The van der Waals surface area contributed by atoms with Gasteiger partial charge in [-0.2, -0.15) is 0 Å². The fraction of sp³-hybridized carbons (Fsp3) is 0.611. The van der Waals surface area contributed by atoms with E-state index in [4.69, 9.17) is 4.74 Å². The summed E-state index contributed by atoms with van der Waals surface area (Å²) in [7, 11) is 0. The molecule has 0 radical (unpaired) electrons. The van der Waals surface area contributed by atoms with Gasteiger partial charge in [-0.15, -0.1) is 0 Å². The molecule has 1 aliphatic heterocycles. The molecule has 1 heterocycles. The molecule has 0 amide bonds. The molecule has 2 rings (SSSR count). The Balaban J connectivity index is 2.04. The van der Waals surface area contributed by atoms with Crippen LogP contribution in [0.5, 0.6) is 0 Å². The second-order valence-electron chi connectivity index (χ2n) is 5.78. The number of hydrogen-bond donors (Lipinski definition) is 0. The number of morpholine rings is 1. The van der Waals surface area contributed by atoms with Crippen LogP contribution in [0.15, 0.2) is 24.3 Å². The lowest BCUT2D eigenvalue weighted by atomic mass is 9.90. The minimum atomic E-state index is 0.189. The molecule has 21 heavy (non-hydrogen) atoms. The Morgan fingerprint density at radius 2 is 1.67 bits per heavy atom. The van der Waals surface area contributed by atoms with Crippen LogP contribution >= 0.6 is 0 Å². The molecule has 0 spiro atoms. The monoisotopic (exact) mass is 289 g/mol. The van der Waals surface area contributed by atoms with Crippen LogP contribution in [0.4, 0.5) is 5.69 Å². The Morgan fingerprint density at radius 1 is 1.10 bits per heavy atom. The highest BCUT2D eigenvalue weighted by atomic mass is 16.5. The SMILES string of the molecule is CCCC(CCC)C(=O)c1ccc(N2CCOCC2)cc1. The van der Waals surface area contributed by atoms with Gasteiger partial charge in [0.1, 0.15) is 0 Å². The number of nitrogens with zero attached hydrogens (tertiary/aromatic N) is 1. The third-order valence-corrected chi connectivity index (χ3v) is 4.17. The molecule has 1 aromatic rings. The van der Waals surface area contributed by atoms with Gasteiger partial charge in [0, 0.05) is 30.3 Å². The first-order valence-corrected chi connectivity index (χ1v) is 8.23. The molecule has 1 saturated heterocycles. The average molecular weight is 289 g/mol. The summed E-state index contributed by atoms with van der Waals surface area (Å²) in [6.07, 6.45) is 4.14. The quantitative estimate of drug-likeness (QED) is 0.712. The zero-order valence-corrected chi connectivity index (χ0v) is 13.3. The molecule has 0 N–H and O–H groups in total. The zero-order chi connectivity index (χ0) is 15.1. The van der Waals surface area contributed by atoms with E-state index in [2.05, 4.69) is 30.9 Å². The predicted molar refractivity (Wildman–Crippen MR) is 87.1 cm³/mol. The molecule has 0 unspecified atom stereocenters. The molecular weight excluding hydrogens is 262 g/mol. The fourth-order valence-electron chi connectivity index (χ4n) is 3.00. The van der Waals surface area contributed by atoms with Crippen LogP contribution in [-0.2, 0) is 4.74 Å². The number of rotatable bonds is 7. The van der Waals surface area contributed by atoms with Crippen LogP contribution in [0.1, 0.15) is 49.9 Å². The summed E-state index contributed by atoms with van der Waals surface area (Å²) in [5.74, 6) is 0.501. The largest absolute Gasteiger partial charge is 0.378 e. The van der Waals surface area contributed by atoms with E-state index in [0.29, 0.717) is 5.78 Å². The van der Waals surface area contributed by atoms with Crippen LogP contribution in [0.25, 0.3) is 0 Å². The third kappa shape index (κ3) is 4.31. The fourth-order valence-corrected chi connectivity index (χ4v) is 3.00. The van der Waals surface area contributed by atoms with Gasteiger partial charge in [-0.1, -0.05) is 26.7 Å². The Morgan fingerprint density at radius 3 is 2.19 bits per heavy atom. The summed E-state index contributed by atoms with van der Waals surface area (Å²) in [5, 5.41) is 0. The van der Waals surface area contributed by atoms with Gasteiger partial charge in [0.2, 0.25) is 0 Å². The Bertz CT molecular complexity index is 429. The third-order valence-electron chi connectivity index (χ3n) is 4.17. The number of ether oxygens (including phenoxy) is 1. The summed E-state index contributed by atoms with van der Waals surface area (Å²) in [5.41, 5.74) is 2.05. The van der Waals surface area contributed by atoms with E-state index in [1.165, 1.54) is 5.69 Å². The van der Waals surface area contributed by atoms with E-state index in [-0.39, 0.29) is 5.92 Å². The Hall–Kier alpha value is -1.35. The van der Waals surface area contributed by atoms with Gasteiger partial charge in [-0.3, -0.25) is 4.79 Å². The topological polar surface area (TPSA) is 29.5 Å². The summed E-state index contributed by atoms with van der Waals surface area (Å²) < 4.78 is 5.37. The predicted octanol–water partition coefficient (Wildman–Crippen LogP) is 3.92. The number of Topliss-reactive ketones (excluding diaryl/α,β-unsaturated/α-hetero) is 1. The highest BCUT2D eigenvalue weighted by Crippen LogP contribution is 2.22. The van der Waals surface area contributed by atoms with Gasteiger partial charge in [-0.25, -0.2) is 0 Å². The lowest BCUT2D eigenvalue weighted by Crippen LogP contribution is -2.36. The summed E-state index contributed by atoms with van der Waals surface area (Å²) in [6, 6.07) is 8.14. The van der Waals surface area contributed by atoms with Crippen molar-refractivity contribution < 1.29 is 9.53 Å². The van der Waals surface area contributed by atoms with Gasteiger partial charge < -0.3 is 9.64 Å². The highest BCUT2D eigenvalue weighted by molar-refractivity contribution is 5.98. The maximum Gasteiger partial charge on any atom is 0.165 e. The molecule has 3 heteroatoms. The summed E-state index contributed by atoms with van der Waals surface area (Å²) in [6.45, 7) is 7.74. The van der Waals surface area contributed by atoms with Crippen molar-refractivity contribution in [3.8, 4) is 0 Å². The Kier molecular flexibility index (Phi) is 6.24. The van der Waals surface area contributed by atoms with Gasteiger partial charge >= 0.3 is 0 Å². The van der Waals surface area contributed by atoms with E-state index in [1.54, 1.807) is 0 Å². The van der Waals surface area contributed by atoms with E-state index in [9.17, 15) is 4.79 Å². The summed E-state index contributed by atoms with van der Waals surface area (Å²) in [4.78, 5) is 14.9. The van der Waals surface area contributed by atoms with Crippen LogP contribution < -0.4 is 4.90 Å². The number of carbonyl (C=O) groups is 1. The van der Waals surface area contributed by atoms with Gasteiger partial charge in [-0.05, 0) is 37.1 Å². The maximum absolute atomic E-state index is 12.6. The molecule has 1 aromatic carbocycles. The molecule has 0 atom stereocenters. The minimum Gasteiger partial charge on any atom is -0.378 e. The number of benzene rings is 1. The van der Waals surface area contributed by atoms with E-state index < -0.39 is 0 Å². The smallest absolute Gasteiger partial charge is 0.165 e. The molecule has 0 bridgehead atoms. The van der Waals surface area contributed by atoms with Gasteiger partial charge in [0.25, 0.3) is 0 Å². The number of carbonyl (C=O) groups excluding carboxylic acids is 1. The number of anilines is 1. The van der Waals surface area contributed by atoms with Crippen LogP contribution in [0, 0.1) is 5.92 Å². The summed E-state index contributed by atoms with van der Waals surface area (Å²) >= 11 is 0. The molecule has 0 aromatic heterocycles. The van der Waals surface area contributed by atoms with Gasteiger partial charge in [0.15, 0.2) is 5.78 Å². The standard InChI is InChI=1S/C18H27NO2/c1-3-5-15(6-4-2)18(20)16-7-9-17(10-8-16)19-11-13-21-14-12-19/h7-10,15H,3-6,11-14H2,1-2H3. The maximum atomic E-state index is 12.6. The van der Waals surface area contributed by atoms with Crippen LogP contribution in [-0.4, -0.2) is 32.1 Å². The molecular formula is C18H27NO2. The van der Waals surface area contributed by atoms with Crippen molar-refractivity contribution in [2.24, 2.45) is 5.92 Å². The molecule has 3 nitrogen and oxygen atoms in total. The lowest BCUT2D eigenvalue weighted by molar-refractivity contribution is 0.0905. The average Bonchev–Trinajstić information content (AvgIpc) is 2.55. The van der Waals surface area contributed by atoms with E-state index >= 15 is 0 Å². The Labute approximate surface area is 128 Å². The molecule has 0 aliphatic carbocycles. The van der Waals surface area contributed by atoms with Gasteiger partial charge in [0.05, 0.1) is 13.2 Å². The second-order valence-corrected chi connectivity index (χ2v) is 5.78. The molecule has 1 aliphatic rings. The van der Waals surface area contributed by atoms with Crippen molar-refractivity contribution in [2.75, 3.05) is 31.2 Å². The van der Waals surface area contributed by atoms with Crippen molar-refractivity contribution >= 4 is 11.5 Å². The van der Waals surface area contributed by atoms with Crippen molar-refractivity contribution in [2.45, 2.75) is 39.5 Å². The second kappa shape index (κ2) is 8.18. The zero-order valence-electron chi connectivity index (χ0n) is 13.3. The number of ketones is 1. The van der Waals surface area contributed by atoms with Crippen LogP contribution in [0.3, 0.4) is 0 Å². The first-order valence-electron chi connectivity index (χ1n) is 8.23. The van der Waals surface area contributed by atoms with E-state index in [1.807, 2.05) is 12.1 Å². The normalized spacial score (nSPS) is 15.5. The minimum absolute atomic E-state index is 0.189. The van der Waals surface area contributed by atoms with Crippen molar-refractivity contribution in [3.63, 3.8) is 0 Å². The molecule has 116 valence electrons. The highest BCUT2D eigenvalue weighted by Gasteiger charge is 2.19. The van der Waals surface area contributed by atoms with Crippen molar-refractivity contribution in [3.05, 3.63) is 29.8 Å². The first kappa shape index (κ1) is 16.0. The van der Waals surface area contributed by atoms with Crippen molar-refractivity contribution in [1.29, 1.82) is 0 Å². The van der Waals surface area contributed by atoms with E-state index in [0.717, 1.165) is 57.6 Å². The number of hydrogen-bond acceptors (Lipinski definition) is 3. The first-order chi connectivity index (χ1) is 10.3.